The maximum Gasteiger partial charge on any atom is 0.277 e. The van der Waals surface area contributed by atoms with Gasteiger partial charge in [0.1, 0.15) is 18.4 Å². The van der Waals surface area contributed by atoms with E-state index in [1.54, 1.807) is 18.5 Å². The smallest absolute Gasteiger partial charge is 0.277 e. The van der Waals surface area contributed by atoms with Crippen molar-refractivity contribution in [1.82, 2.24) is 20.3 Å². The minimum Gasteiger partial charge on any atom is -0.352 e. The summed E-state index contributed by atoms with van der Waals surface area (Å²) >= 11 is 3.42. The Morgan fingerprint density at radius 3 is 2.88 bits per heavy atom. The van der Waals surface area contributed by atoms with Gasteiger partial charge in [-0.25, -0.2) is 14.9 Å². The van der Waals surface area contributed by atoms with Gasteiger partial charge in [0, 0.05) is 16.7 Å². The maximum absolute atomic E-state index is 15.7. The van der Waals surface area contributed by atoms with Crippen molar-refractivity contribution in [2.75, 3.05) is 25.0 Å². The Bertz CT molecular complexity index is 1180. The zero-order valence-electron chi connectivity index (χ0n) is 18.2. The van der Waals surface area contributed by atoms with Crippen molar-refractivity contribution < 1.29 is 18.8 Å². The first-order valence-electron chi connectivity index (χ1n) is 10.7. The van der Waals surface area contributed by atoms with E-state index in [-0.39, 0.29) is 23.4 Å². The molecule has 4 rings (SSSR count). The van der Waals surface area contributed by atoms with Gasteiger partial charge in [-0.15, -0.1) is 0 Å². The van der Waals surface area contributed by atoms with Crippen LogP contribution in [0.2, 0.25) is 0 Å². The lowest BCUT2D eigenvalue weighted by Crippen LogP contribution is -2.29. The molecule has 0 bridgehead atoms. The van der Waals surface area contributed by atoms with Gasteiger partial charge in [0.25, 0.3) is 5.91 Å². The van der Waals surface area contributed by atoms with E-state index >= 15 is 4.39 Å². The maximum atomic E-state index is 15.7. The fraction of sp³-hybridized carbons (Fsp3) is 0.348. The Hall–Kier alpha value is -2.82. The summed E-state index contributed by atoms with van der Waals surface area (Å²) < 4.78 is 18.5. The predicted octanol–water partition coefficient (Wildman–Crippen LogP) is 3.85. The largest absolute Gasteiger partial charge is 0.352 e. The molecule has 0 unspecified atom stereocenters. The number of hydrogen-bond donors (Lipinski definition) is 3. The number of rotatable bonds is 8. The van der Waals surface area contributed by atoms with Crippen molar-refractivity contribution in [2.45, 2.75) is 26.3 Å². The topological polar surface area (TPSA) is 97.3 Å². The molecule has 1 aliphatic rings. The van der Waals surface area contributed by atoms with Gasteiger partial charge in [0.05, 0.1) is 23.1 Å². The van der Waals surface area contributed by atoms with E-state index in [0.717, 1.165) is 36.0 Å². The third-order valence-corrected chi connectivity index (χ3v) is 6.27. The van der Waals surface area contributed by atoms with Gasteiger partial charge in [-0.1, -0.05) is 15.9 Å². The van der Waals surface area contributed by atoms with Gasteiger partial charge in [-0.3, -0.25) is 9.63 Å². The van der Waals surface area contributed by atoms with Gasteiger partial charge >= 0.3 is 0 Å². The normalized spacial score (nSPS) is 14.4. The Labute approximate surface area is 199 Å². The lowest BCUT2D eigenvalue weighted by Gasteiger charge is -2.23. The molecule has 2 heterocycles. The Morgan fingerprint density at radius 1 is 1.36 bits per heavy atom. The van der Waals surface area contributed by atoms with Crippen molar-refractivity contribution in [2.24, 2.45) is 5.92 Å². The number of aryl methyl sites for hydroxylation is 1. The monoisotopic (exact) mass is 517 g/mol. The number of piperidine rings is 1. The van der Waals surface area contributed by atoms with Gasteiger partial charge in [-0.2, -0.15) is 0 Å². The molecule has 8 nitrogen and oxygen atoms in total. The number of carbonyl (C=O) groups excluding carboxylic acids is 2. The van der Waals surface area contributed by atoms with Crippen LogP contribution in [0, 0.1) is 18.7 Å². The van der Waals surface area contributed by atoms with Crippen LogP contribution in [-0.2, 0) is 16.2 Å². The molecule has 10 heteroatoms. The van der Waals surface area contributed by atoms with Crippen molar-refractivity contribution in [3.05, 3.63) is 52.0 Å². The number of anilines is 2. The number of hydrogen-bond acceptors (Lipinski definition) is 6. The van der Waals surface area contributed by atoms with Gasteiger partial charge in [-0.05, 0) is 68.6 Å². The van der Waals surface area contributed by atoms with Crippen LogP contribution in [0.5, 0.6) is 0 Å². The average Bonchev–Trinajstić information content (AvgIpc) is 3.20. The fourth-order valence-electron chi connectivity index (χ4n) is 4.05. The van der Waals surface area contributed by atoms with Gasteiger partial charge in [0.15, 0.2) is 5.82 Å². The molecule has 1 amide bonds. The average molecular weight is 518 g/mol. The summed E-state index contributed by atoms with van der Waals surface area (Å²) in [6.07, 6.45) is 4.19. The predicted molar refractivity (Wildman–Crippen MR) is 127 cm³/mol. The van der Waals surface area contributed by atoms with Crippen LogP contribution in [0.25, 0.3) is 11.0 Å². The van der Waals surface area contributed by atoms with E-state index in [1.807, 2.05) is 23.6 Å². The summed E-state index contributed by atoms with van der Waals surface area (Å²) in [5.41, 5.74) is 4.49. The highest BCUT2D eigenvalue weighted by molar-refractivity contribution is 9.10. The summed E-state index contributed by atoms with van der Waals surface area (Å²) in [4.78, 5) is 32.6. The van der Waals surface area contributed by atoms with Crippen LogP contribution >= 0.6 is 15.9 Å². The molecule has 1 fully saturated rings. The third kappa shape index (κ3) is 5.23. The molecule has 0 atom stereocenters. The molecule has 0 saturated carbocycles. The van der Waals surface area contributed by atoms with E-state index in [0.29, 0.717) is 30.0 Å². The highest BCUT2D eigenvalue weighted by Gasteiger charge is 2.24. The SMILES string of the molecule is Cc1cc(Br)ccc1Nc1c(C(=O)NOCC=O)cc2c(ncn2CC2CCNCC2)c1F. The highest BCUT2D eigenvalue weighted by Crippen LogP contribution is 2.33. The number of aromatic nitrogens is 2. The quantitative estimate of drug-likeness (QED) is 0.238. The number of amides is 1. The first-order valence-corrected chi connectivity index (χ1v) is 11.5. The van der Waals surface area contributed by atoms with Crippen LogP contribution in [0.15, 0.2) is 35.1 Å². The van der Waals surface area contributed by atoms with Crippen molar-refractivity contribution >= 4 is 50.5 Å². The molecule has 33 heavy (non-hydrogen) atoms. The number of benzene rings is 2. The van der Waals surface area contributed by atoms with Crippen LogP contribution in [0.4, 0.5) is 15.8 Å². The number of imidazole rings is 1. The Balaban J connectivity index is 1.75. The van der Waals surface area contributed by atoms with Crippen molar-refractivity contribution in [1.29, 1.82) is 0 Å². The lowest BCUT2D eigenvalue weighted by molar-refractivity contribution is -0.113. The number of nitrogens with zero attached hydrogens (tertiary/aromatic N) is 2. The van der Waals surface area contributed by atoms with Crippen LogP contribution < -0.4 is 16.1 Å². The zero-order valence-corrected chi connectivity index (χ0v) is 19.7. The standard InChI is InChI=1S/C23H25BrFN5O3/c1-14-10-16(24)2-3-18(14)28-21-17(23(32)29-33-9-8-31)11-19-22(20(21)25)27-13-30(19)12-15-4-6-26-7-5-15/h2-3,8,10-11,13,15,26,28H,4-7,9,12H2,1H3,(H,29,32). The summed E-state index contributed by atoms with van der Waals surface area (Å²) in [5.74, 6) is -0.841. The molecule has 2 aromatic carbocycles. The number of halogens is 2. The molecule has 0 aliphatic carbocycles. The number of nitrogens with one attached hydrogen (secondary N) is 3. The third-order valence-electron chi connectivity index (χ3n) is 5.78. The van der Waals surface area contributed by atoms with Gasteiger partial charge in [0.2, 0.25) is 0 Å². The first-order chi connectivity index (χ1) is 16.0. The zero-order chi connectivity index (χ0) is 23.4. The lowest BCUT2D eigenvalue weighted by atomic mass is 9.98. The minimum atomic E-state index is -0.662. The number of hydroxylamine groups is 1. The van der Waals surface area contributed by atoms with E-state index < -0.39 is 11.7 Å². The minimum absolute atomic E-state index is 0.00718. The first kappa shape index (κ1) is 23.3. The van der Waals surface area contributed by atoms with E-state index in [9.17, 15) is 9.59 Å². The second-order valence-electron chi connectivity index (χ2n) is 8.06. The molecular weight excluding hydrogens is 493 g/mol. The molecule has 0 radical (unpaired) electrons. The molecular formula is C23H25BrFN5O3. The summed E-state index contributed by atoms with van der Waals surface area (Å²) in [6, 6.07) is 7.12. The Kier molecular flexibility index (Phi) is 7.36. The molecule has 1 saturated heterocycles. The summed E-state index contributed by atoms with van der Waals surface area (Å²) in [6.45, 7) is 4.17. The summed E-state index contributed by atoms with van der Waals surface area (Å²) in [7, 11) is 0. The highest BCUT2D eigenvalue weighted by atomic mass is 79.9. The molecule has 1 aliphatic heterocycles. The van der Waals surface area contributed by atoms with E-state index in [2.05, 4.69) is 37.0 Å². The number of fused-ring (bicyclic) bond motifs is 1. The molecule has 0 spiro atoms. The van der Waals surface area contributed by atoms with Crippen molar-refractivity contribution in [3.63, 3.8) is 0 Å². The fourth-order valence-corrected chi connectivity index (χ4v) is 4.52. The second kappa shape index (κ2) is 10.4. The van der Waals surface area contributed by atoms with E-state index in [1.165, 1.54) is 0 Å². The summed E-state index contributed by atoms with van der Waals surface area (Å²) in [5, 5.41) is 6.39. The van der Waals surface area contributed by atoms with E-state index in [4.69, 9.17) is 4.84 Å². The van der Waals surface area contributed by atoms with Crippen molar-refractivity contribution in [3.8, 4) is 0 Å². The van der Waals surface area contributed by atoms with Crippen LogP contribution in [-0.4, -0.2) is 41.4 Å². The van der Waals surface area contributed by atoms with Gasteiger partial charge < -0.3 is 20.0 Å². The molecule has 1 aromatic heterocycles. The molecule has 3 N–H and O–H groups in total. The second-order valence-corrected chi connectivity index (χ2v) is 8.98. The number of carbonyl (C=O) groups is 2. The molecule has 3 aromatic rings. The van der Waals surface area contributed by atoms with Crippen LogP contribution in [0.3, 0.4) is 0 Å². The molecule has 174 valence electrons. The number of aldehydes is 1. The Morgan fingerprint density at radius 2 is 2.15 bits per heavy atom. The van der Waals surface area contributed by atoms with Crippen LogP contribution in [0.1, 0.15) is 28.8 Å².